The van der Waals surface area contributed by atoms with Gasteiger partial charge in [0.15, 0.2) is 0 Å². The maximum atomic E-state index is 12.8. The smallest absolute Gasteiger partial charge is 0.232 e. The molecular weight excluding hydrogens is 322 g/mol. The van der Waals surface area contributed by atoms with E-state index in [4.69, 9.17) is 0 Å². The Hall–Kier alpha value is -1.56. The fraction of sp³-hybridized carbons (Fsp3) is 0.611. The van der Waals surface area contributed by atoms with Crippen molar-refractivity contribution < 1.29 is 9.59 Å². The molecule has 5 nitrogen and oxygen atoms in total. The van der Waals surface area contributed by atoms with E-state index in [1.54, 1.807) is 18.0 Å². The van der Waals surface area contributed by atoms with Crippen molar-refractivity contribution in [3.63, 3.8) is 0 Å². The van der Waals surface area contributed by atoms with Crippen LogP contribution in [0.4, 0.5) is 0 Å². The minimum absolute atomic E-state index is 0.0485. The third-order valence-corrected chi connectivity index (χ3v) is 5.93. The molecule has 24 heavy (non-hydrogen) atoms. The van der Waals surface area contributed by atoms with Crippen molar-refractivity contribution in [3.8, 4) is 0 Å². The first kappa shape index (κ1) is 17.3. The van der Waals surface area contributed by atoms with Gasteiger partial charge < -0.3 is 9.80 Å². The fourth-order valence-corrected chi connectivity index (χ4v) is 4.30. The van der Waals surface area contributed by atoms with Gasteiger partial charge in [0.05, 0.1) is 23.9 Å². The Bertz CT molecular complexity index is 581. The number of carbonyl (C=O) groups excluding carboxylic acids is 2. The molecule has 0 aliphatic carbocycles. The highest BCUT2D eigenvalue weighted by Crippen LogP contribution is 2.30. The highest BCUT2D eigenvalue weighted by molar-refractivity contribution is 7.99. The average molecular weight is 347 g/mol. The van der Waals surface area contributed by atoms with E-state index < -0.39 is 0 Å². The van der Waals surface area contributed by atoms with Gasteiger partial charge in [-0.1, -0.05) is 13.0 Å². The number of rotatable bonds is 6. The van der Waals surface area contributed by atoms with Crippen LogP contribution in [0.25, 0.3) is 0 Å². The lowest BCUT2D eigenvalue weighted by atomic mass is 9.94. The lowest BCUT2D eigenvalue weighted by Gasteiger charge is -2.35. The summed E-state index contributed by atoms with van der Waals surface area (Å²) in [4.78, 5) is 33.5. The molecule has 4 heterocycles. The first-order chi connectivity index (χ1) is 11.7. The predicted octanol–water partition coefficient (Wildman–Crippen LogP) is 2.17. The number of fused-ring (bicyclic) bond motifs is 4. The van der Waals surface area contributed by atoms with Crippen LogP contribution in [0.1, 0.15) is 31.9 Å². The fourth-order valence-electron chi connectivity index (χ4n) is 3.51. The molecule has 1 aromatic heterocycles. The number of amides is 2. The summed E-state index contributed by atoms with van der Waals surface area (Å²) in [5.74, 6) is 1.86. The summed E-state index contributed by atoms with van der Waals surface area (Å²) in [6.07, 6.45) is 4.72. The van der Waals surface area contributed by atoms with E-state index >= 15 is 0 Å². The molecule has 2 bridgehead atoms. The van der Waals surface area contributed by atoms with E-state index in [1.165, 1.54) is 0 Å². The maximum absolute atomic E-state index is 12.8. The lowest BCUT2D eigenvalue weighted by molar-refractivity contribution is -0.140. The summed E-state index contributed by atoms with van der Waals surface area (Å²) in [6.45, 7) is 3.92. The Morgan fingerprint density at radius 2 is 2.21 bits per heavy atom. The normalized spacial score (nSPS) is 23.5. The summed E-state index contributed by atoms with van der Waals surface area (Å²) >= 11 is 1.69. The third kappa shape index (κ3) is 3.91. The number of thioether (sulfide) groups is 1. The molecule has 3 fully saturated rings. The first-order valence-electron chi connectivity index (χ1n) is 8.75. The van der Waals surface area contributed by atoms with Gasteiger partial charge in [-0.3, -0.25) is 14.6 Å². The van der Waals surface area contributed by atoms with Gasteiger partial charge in [0.1, 0.15) is 0 Å². The number of piperidine rings is 1. The highest BCUT2D eigenvalue weighted by atomic mass is 32.2. The number of hydrogen-bond acceptors (Lipinski definition) is 4. The van der Waals surface area contributed by atoms with Gasteiger partial charge in [0.25, 0.3) is 0 Å². The van der Waals surface area contributed by atoms with Crippen molar-refractivity contribution in [2.24, 2.45) is 5.92 Å². The van der Waals surface area contributed by atoms with Gasteiger partial charge >= 0.3 is 0 Å². The molecular formula is C18H25N3O2S. The zero-order chi connectivity index (χ0) is 16.9. The number of carbonyl (C=O) groups is 2. The molecule has 0 unspecified atom stereocenters. The Morgan fingerprint density at radius 1 is 1.33 bits per heavy atom. The van der Waals surface area contributed by atoms with Crippen molar-refractivity contribution in [1.82, 2.24) is 14.8 Å². The van der Waals surface area contributed by atoms with Gasteiger partial charge in [-0.25, -0.2) is 0 Å². The van der Waals surface area contributed by atoms with E-state index in [-0.39, 0.29) is 23.8 Å². The molecule has 6 heteroatoms. The number of pyridine rings is 1. The number of hydrogen-bond donors (Lipinski definition) is 0. The minimum Gasteiger partial charge on any atom is -0.339 e. The zero-order valence-corrected chi connectivity index (χ0v) is 15.0. The van der Waals surface area contributed by atoms with E-state index in [1.807, 2.05) is 28.0 Å². The second-order valence-electron chi connectivity index (χ2n) is 6.57. The van der Waals surface area contributed by atoms with Crippen LogP contribution in [0.15, 0.2) is 24.4 Å². The van der Waals surface area contributed by atoms with Crippen LogP contribution in [0.3, 0.4) is 0 Å². The van der Waals surface area contributed by atoms with Crippen LogP contribution >= 0.6 is 11.8 Å². The summed E-state index contributed by atoms with van der Waals surface area (Å²) in [7, 11) is 0. The summed E-state index contributed by atoms with van der Waals surface area (Å²) in [5, 5.41) is 0. The molecule has 2 atom stereocenters. The van der Waals surface area contributed by atoms with Crippen molar-refractivity contribution >= 4 is 23.6 Å². The molecule has 1 aromatic rings. The Labute approximate surface area is 147 Å². The molecule has 130 valence electrons. The van der Waals surface area contributed by atoms with Crippen molar-refractivity contribution in [3.05, 3.63) is 30.1 Å². The molecule has 4 rings (SSSR count). The van der Waals surface area contributed by atoms with E-state index in [0.717, 1.165) is 30.7 Å². The predicted molar refractivity (Wildman–Crippen MR) is 95.5 cm³/mol. The molecule has 3 saturated heterocycles. The van der Waals surface area contributed by atoms with Gasteiger partial charge in [-0.15, -0.1) is 0 Å². The number of nitrogens with zero attached hydrogens (tertiary/aromatic N) is 3. The second kappa shape index (κ2) is 8.01. The molecule has 0 saturated carbocycles. The minimum atomic E-state index is -0.0485. The standard InChI is InChI=1S/C18H25N3O2S/c1-2-9-24-13-17(22)20-10-14-6-7-16(12-20)21(18(14)23)11-15-5-3-4-8-19-15/h3-5,8,14,16H,2,6-7,9-13H2,1H3/t14-,16+/m0/s1. The monoisotopic (exact) mass is 347 g/mol. The van der Waals surface area contributed by atoms with Crippen molar-refractivity contribution in [1.29, 1.82) is 0 Å². The van der Waals surface area contributed by atoms with E-state index in [2.05, 4.69) is 11.9 Å². The quantitative estimate of drug-likeness (QED) is 0.740. The van der Waals surface area contributed by atoms with Gasteiger partial charge in [0, 0.05) is 25.3 Å². The van der Waals surface area contributed by atoms with Gasteiger partial charge in [0.2, 0.25) is 11.8 Å². The van der Waals surface area contributed by atoms with Crippen LogP contribution in [0.5, 0.6) is 0 Å². The van der Waals surface area contributed by atoms with Gasteiger partial charge in [-0.2, -0.15) is 11.8 Å². The summed E-state index contributed by atoms with van der Waals surface area (Å²) < 4.78 is 0. The van der Waals surface area contributed by atoms with Crippen LogP contribution in [0.2, 0.25) is 0 Å². The van der Waals surface area contributed by atoms with E-state index in [9.17, 15) is 9.59 Å². The Kier molecular flexibility index (Phi) is 5.76. The molecule has 0 radical (unpaired) electrons. The largest absolute Gasteiger partial charge is 0.339 e. The molecule has 0 aromatic carbocycles. The van der Waals surface area contributed by atoms with Crippen LogP contribution in [0, 0.1) is 5.92 Å². The summed E-state index contributed by atoms with van der Waals surface area (Å²) in [5.41, 5.74) is 0.912. The maximum Gasteiger partial charge on any atom is 0.232 e. The van der Waals surface area contributed by atoms with E-state index in [0.29, 0.717) is 25.4 Å². The van der Waals surface area contributed by atoms with Crippen molar-refractivity contribution in [2.75, 3.05) is 24.6 Å². The second-order valence-corrected chi connectivity index (χ2v) is 7.67. The Morgan fingerprint density at radius 3 is 2.96 bits per heavy atom. The van der Waals surface area contributed by atoms with Crippen LogP contribution < -0.4 is 0 Å². The van der Waals surface area contributed by atoms with Crippen molar-refractivity contribution in [2.45, 2.75) is 38.8 Å². The lowest BCUT2D eigenvalue weighted by Crippen LogP contribution is -2.47. The summed E-state index contributed by atoms with van der Waals surface area (Å²) in [6, 6.07) is 5.91. The number of aromatic nitrogens is 1. The molecule has 2 amide bonds. The molecule has 0 N–H and O–H groups in total. The third-order valence-electron chi connectivity index (χ3n) is 4.78. The molecule has 3 aliphatic heterocycles. The highest BCUT2D eigenvalue weighted by Gasteiger charge is 2.41. The molecule has 0 spiro atoms. The zero-order valence-electron chi connectivity index (χ0n) is 14.2. The SMILES string of the molecule is CCCSCC(=O)N1C[C@@H]2CC[C@H](C1)N(Cc1ccccn1)C2=O. The topological polar surface area (TPSA) is 53.5 Å². The Balaban J connectivity index is 1.68. The molecule has 3 aliphatic rings. The van der Waals surface area contributed by atoms with Crippen LogP contribution in [-0.2, 0) is 16.1 Å². The first-order valence-corrected chi connectivity index (χ1v) is 9.90. The van der Waals surface area contributed by atoms with Gasteiger partial charge in [-0.05, 0) is 37.1 Å². The van der Waals surface area contributed by atoms with Crippen LogP contribution in [-0.4, -0.2) is 57.2 Å². The average Bonchev–Trinajstić information content (AvgIpc) is 2.89.